The molecule has 0 aromatic heterocycles. The molecule has 0 aromatic rings. The fourth-order valence-electron chi connectivity index (χ4n) is 1.25. The van der Waals surface area contributed by atoms with E-state index in [1.165, 1.54) is 25.7 Å². The summed E-state index contributed by atoms with van der Waals surface area (Å²) in [4.78, 5) is 1.99. The Morgan fingerprint density at radius 3 is 2.38 bits per heavy atom. The van der Waals surface area contributed by atoms with Gasteiger partial charge in [0.15, 0.2) is 0 Å². The Hall–Kier alpha value is 0.220. The first-order valence-corrected chi connectivity index (χ1v) is 4.12. The van der Waals surface area contributed by atoms with Gasteiger partial charge in [-0.1, -0.05) is 34.8 Å². The lowest BCUT2D eigenvalue weighted by molar-refractivity contribution is 0.687. The summed E-state index contributed by atoms with van der Waals surface area (Å²) in [5.74, 6) is 0.884. The zero-order chi connectivity index (χ0) is 5.82. The first kappa shape index (κ1) is 6.34. The maximum Gasteiger partial charge on any atom is -0.0225 e. The van der Waals surface area contributed by atoms with Crippen LogP contribution in [0.2, 0.25) is 0 Å². The Labute approximate surface area is 59.1 Å². The van der Waals surface area contributed by atoms with E-state index < -0.39 is 0 Å². The van der Waals surface area contributed by atoms with E-state index in [2.05, 4.69) is 22.0 Å². The number of allylic oxidation sites excluding steroid dienone is 1. The third-order valence-corrected chi connectivity index (χ3v) is 2.05. The fraction of sp³-hybridized carbons (Fsp3) is 0.714. The molecule has 46 valence electrons. The Kier molecular flexibility index (Phi) is 2.60. The lowest BCUT2D eigenvalue weighted by atomic mass is 10.1. The van der Waals surface area contributed by atoms with Crippen molar-refractivity contribution in [2.75, 3.05) is 0 Å². The standard InChI is InChI=1S/C7H11Br/c8-6-5-7-3-1-2-4-7/h5-7H,1-4H2/b6-5+. The molecular weight excluding hydrogens is 164 g/mol. The van der Waals surface area contributed by atoms with Crippen LogP contribution in [0.25, 0.3) is 0 Å². The molecule has 1 saturated carbocycles. The lowest BCUT2D eigenvalue weighted by Gasteiger charge is -1.96. The predicted molar refractivity (Wildman–Crippen MR) is 40.0 cm³/mol. The molecular formula is C7H11Br. The van der Waals surface area contributed by atoms with Crippen molar-refractivity contribution in [2.45, 2.75) is 25.7 Å². The maximum atomic E-state index is 3.28. The molecule has 0 unspecified atom stereocenters. The summed E-state index contributed by atoms with van der Waals surface area (Å²) in [6, 6.07) is 0. The highest BCUT2D eigenvalue weighted by atomic mass is 79.9. The van der Waals surface area contributed by atoms with Crippen LogP contribution in [0.4, 0.5) is 0 Å². The molecule has 1 heteroatoms. The molecule has 0 spiro atoms. The zero-order valence-corrected chi connectivity index (χ0v) is 6.52. The van der Waals surface area contributed by atoms with E-state index >= 15 is 0 Å². The van der Waals surface area contributed by atoms with Crippen LogP contribution in [0.3, 0.4) is 0 Å². The second-order valence-corrected chi connectivity index (χ2v) is 2.89. The number of hydrogen-bond acceptors (Lipinski definition) is 0. The van der Waals surface area contributed by atoms with Crippen molar-refractivity contribution < 1.29 is 0 Å². The molecule has 1 aliphatic rings. The van der Waals surface area contributed by atoms with Gasteiger partial charge in [0, 0.05) is 0 Å². The average Bonchev–Trinajstić information content (AvgIpc) is 2.19. The van der Waals surface area contributed by atoms with Crippen molar-refractivity contribution in [3.05, 3.63) is 11.1 Å². The second-order valence-electron chi connectivity index (χ2n) is 2.36. The van der Waals surface area contributed by atoms with Gasteiger partial charge in [-0.15, -0.1) is 0 Å². The SMILES string of the molecule is Br/C=C/C1CCCC1. The topological polar surface area (TPSA) is 0 Å². The maximum absolute atomic E-state index is 3.28. The van der Waals surface area contributed by atoms with Crippen LogP contribution in [0.1, 0.15) is 25.7 Å². The molecule has 1 aliphatic carbocycles. The van der Waals surface area contributed by atoms with Gasteiger partial charge in [0.05, 0.1) is 0 Å². The van der Waals surface area contributed by atoms with Gasteiger partial charge in [-0.05, 0) is 23.7 Å². The van der Waals surface area contributed by atoms with Crippen molar-refractivity contribution in [1.82, 2.24) is 0 Å². The Balaban J connectivity index is 2.24. The number of halogens is 1. The molecule has 0 bridgehead atoms. The van der Waals surface area contributed by atoms with Crippen LogP contribution in [-0.4, -0.2) is 0 Å². The van der Waals surface area contributed by atoms with E-state index in [1.54, 1.807) is 0 Å². The smallest absolute Gasteiger partial charge is 0.0225 e. The van der Waals surface area contributed by atoms with E-state index in [4.69, 9.17) is 0 Å². The highest BCUT2D eigenvalue weighted by Gasteiger charge is 2.10. The quantitative estimate of drug-likeness (QED) is 0.574. The van der Waals surface area contributed by atoms with E-state index in [0.29, 0.717) is 0 Å². The lowest BCUT2D eigenvalue weighted by Crippen LogP contribution is -1.82. The summed E-state index contributed by atoms with van der Waals surface area (Å²) in [5, 5.41) is 0. The van der Waals surface area contributed by atoms with Gasteiger partial charge in [0.1, 0.15) is 0 Å². The molecule has 1 fully saturated rings. The van der Waals surface area contributed by atoms with Gasteiger partial charge in [-0.25, -0.2) is 0 Å². The summed E-state index contributed by atoms with van der Waals surface area (Å²) in [5.41, 5.74) is 0. The Bertz CT molecular complexity index is 80.4. The summed E-state index contributed by atoms with van der Waals surface area (Å²) >= 11 is 3.28. The molecule has 0 radical (unpaired) electrons. The van der Waals surface area contributed by atoms with Crippen molar-refractivity contribution in [3.8, 4) is 0 Å². The summed E-state index contributed by atoms with van der Waals surface area (Å²) in [6.07, 6.45) is 7.93. The van der Waals surface area contributed by atoms with Crippen molar-refractivity contribution in [2.24, 2.45) is 5.92 Å². The fourth-order valence-corrected chi connectivity index (χ4v) is 1.68. The molecule has 0 nitrogen and oxygen atoms in total. The second kappa shape index (κ2) is 3.29. The van der Waals surface area contributed by atoms with Crippen LogP contribution >= 0.6 is 15.9 Å². The van der Waals surface area contributed by atoms with Crippen LogP contribution < -0.4 is 0 Å². The first-order valence-electron chi connectivity index (χ1n) is 3.20. The van der Waals surface area contributed by atoms with Crippen molar-refractivity contribution in [3.63, 3.8) is 0 Å². The molecule has 0 atom stereocenters. The molecule has 0 aromatic carbocycles. The molecule has 0 heterocycles. The van der Waals surface area contributed by atoms with Crippen LogP contribution in [0.15, 0.2) is 11.1 Å². The van der Waals surface area contributed by atoms with E-state index in [-0.39, 0.29) is 0 Å². The third-order valence-electron chi connectivity index (χ3n) is 1.74. The van der Waals surface area contributed by atoms with Gasteiger partial charge >= 0.3 is 0 Å². The normalized spacial score (nSPS) is 23.1. The molecule has 1 rings (SSSR count). The van der Waals surface area contributed by atoms with E-state index in [9.17, 15) is 0 Å². The van der Waals surface area contributed by atoms with Crippen molar-refractivity contribution >= 4 is 15.9 Å². The molecule has 0 amide bonds. The van der Waals surface area contributed by atoms with Crippen LogP contribution in [0, 0.1) is 5.92 Å². The summed E-state index contributed by atoms with van der Waals surface area (Å²) < 4.78 is 0. The molecule has 0 saturated heterocycles. The minimum atomic E-state index is 0.884. The van der Waals surface area contributed by atoms with Gasteiger partial charge < -0.3 is 0 Å². The van der Waals surface area contributed by atoms with E-state index in [1.807, 2.05) is 4.99 Å². The highest BCUT2D eigenvalue weighted by molar-refractivity contribution is 9.11. The first-order chi connectivity index (χ1) is 3.93. The van der Waals surface area contributed by atoms with E-state index in [0.717, 1.165) is 5.92 Å². The monoisotopic (exact) mass is 174 g/mol. The summed E-state index contributed by atoms with van der Waals surface area (Å²) in [7, 11) is 0. The minimum Gasteiger partial charge on any atom is -0.0745 e. The average molecular weight is 175 g/mol. The highest BCUT2D eigenvalue weighted by Crippen LogP contribution is 2.25. The predicted octanol–water partition coefficient (Wildman–Crippen LogP) is 3.09. The van der Waals surface area contributed by atoms with Crippen LogP contribution in [-0.2, 0) is 0 Å². The zero-order valence-electron chi connectivity index (χ0n) is 4.94. The Morgan fingerprint density at radius 2 is 1.88 bits per heavy atom. The minimum absolute atomic E-state index is 0.884. The van der Waals surface area contributed by atoms with Gasteiger partial charge in [-0.2, -0.15) is 0 Å². The largest absolute Gasteiger partial charge is 0.0745 e. The molecule has 8 heavy (non-hydrogen) atoms. The van der Waals surface area contributed by atoms with Gasteiger partial charge in [-0.3, -0.25) is 0 Å². The number of hydrogen-bond donors (Lipinski definition) is 0. The Morgan fingerprint density at radius 1 is 1.25 bits per heavy atom. The summed E-state index contributed by atoms with van der Waals surface area (Å²) in [6.45, 7) is 0. The van der Waals surface area contributed by atoms with Crippen molar-refractivity contribution in [1.29, 1.82) is 0 Å². The molecule has 0 N–H and O–H groups in total. The number of rotatable bonds is 1. The third kappa shape index (κ3) is 1.62. The van der Waals surface area contributed by atoms with Gasteiger partial charge in [0.2, 0.25) is 0 Å². The van der Waals surface area contributed by atoms with Crippen LogP contribution in [0.5, 0.6) is 0 Å². The molecule has 0 aliphatic heterocycles. The van der Waals surface area contributed by atoms with Gasteiger partial charge in [0.25, 0.3) is 0 Å².